The third-order valence-electron chi connectivity index (χ3n) is 12.9. The number of methoxy groups -OCH3 is 1. The third kappa shape index (κ3) is 6.31. The van der Waals surface area contributed by atoms with E-state index in [2.05, 4.69) is 39.0 Å². The Morgan fingerprint density at radius 1 is 0.945 bits per heavy atom. The highest BCUT2D eigenvalue weighted by molar-refractivity contribution is 6.08. The lowest BCUT2D eigenvalue weighted by atomic mass is 9.63. The van der Waals surface area contributed by atoms with Crippen molar-refractivity contribution in [3.8, 4) is 5.75 Å². The number of anilines is 2. The summed E-state index contributed by atoms with van der Waals surface area (Å²) in [6.07, 6.45) is 2.24. The quantitative estimate of drug-likeness (QED) is 0.200. The van der Waals surface area contributed by atoms with E-state index in [4.69, 9.17) is 9.47 Å². The van der Waals surface area contributed by atoms with Gasteiger partial charge in [0.1, 0.15) is 5.75 Å². The Bertz CT molecular complexity index is 2080. The highest BCUT2D eigenvalue weighted by atomic mass is 16.5. The minimum absolute atomic E-state index is 0.0423. The van der Waals surface area contributed by atoms with Gasteiger partial charge in [-0.1, -0.05) is 87.5 Å². The number of benzene rings is 4. The van der Waals surface area contributed by atoms with Crippen LogP contribution in [0.3, 0.4) is 0 Å². The zero-order chi connectivity index (χ0) is 38.5. The van der Waals surface area contributed by atoms with Crippen molar-refractivity contribution < 1.29 is 29.0 Å². The molecule has 4 aliphatic heterocycles. The normalized spacial score (nSPS) is 25.0. The molecule has 0 aliphatic carbocycles. The smallest absolute Gasteiger partial charge is 0.264 e. The van der Waals surface area contributed by atoms with Crippen LogP contribution in [0.4, 0.5) is 11.4 Å². The number of piperidine rings is 1. The van der Waals surface area contributed by atoms with Gasteiger partial charge < -0.3 is 29.3 Å². The molecular weight excluding hydrogens is 691 g/mol. The minimum Gasteiger partial charge on any atom is -0.497 e. The van der Waals surface area contributed by atoms with Crippen LogP contribution in [0.1, 0.15) is 74.3 Å². The van der Waals surface area contributed by atoms with Gasteiger partial charge in [0, 0.05) is 42.6 Å². The Hall–Kier alpha value is -4.99. The summed E-state index contributed by atoms with van der Waals surface area (Å²) in [6, 6.07) is 31.6. The highest BCUT2D eigenvalue weighted by Gasteiger charge is 2.66. The summed E-state index contributed by atoms with van der Waals surface area (Å²) < 4.78 is 12.8. The van der Waals surface area contributed by atoms with Gasteiger partial charge in [-0.05, 0) is 77.3 Å². The van der Waals surface area contributed by atoms with Crippen molar-refractivity contribution in [2.75, 3.05) is 30.1 Å². The molecule has 55 heavy (non-hydrogen) atoms. The van der Waals surface area contributed by atoms with E-state index in [-0.39, 0.29) is 48.6 Å². The molecule has 1 N–H and O–H groups in total. The third-order valence-corrected chi connectivity index (χ3v) is 12.9. The largest absolute Gasteiger partial charge is 0.497 e. The van der Waals surface area contributed by atoms with Crippen molar-refractivity contribution in [1.82, 2.24) is 4.90 Å². The van der Waals surface area contributed by atoms with Crippen LogP contribution in [0, 0.1) is 11.8 Å². The zero-order valence-electron chi connectivity index (χ0n) is 32.2. The van der Waals surface area contributed by atoms with Gasteiger partial charge in [0.15, 0.2) is 5.60 Å². The molecule has 1 spiro atoms. The first-order chi connectivity index (χ1) is 26.6. The van der Waals surface area contributed by atoms with E-state index >= 15 is 4.79 Å². The van der Waals surface area contributed by atoms with E-state index < -0.39 is 17.1 Å². The maximum atomic E-state index is 15.4. The van der Waals surface area contributed by atoms with E-state index in [1.165, 1.54) is 0 Å². The van der Waals surface area contributed by atoms with Crippen molar-refractivity contribution in [3.05, 3.63) is 125 Å². The molecule has 4 aliphatic rings. The highest BCUT2D eigenvalue weighted by Crippen LogP contribution is 2.60. The number of nitrogens with zero attached hydrogens (tertiary/aromatic N) is 3. The lowest BCUT2D eigenvalue weighted by Gasteiger charge is -2.40. The van der Waals surface area contributed by atoms with Crippen LogP contribution in [-0.4, -0.2) is 60.1 Å². The van der Waals surface area contributed by atoms with Crippen LogP contribution in [0.15, 0.2) is 97.1 Å². The molecule has 0 saturated carbocycles. The van der Waals surface area contributed by atoms with Gasteiger partial charge in [-0.2, -0.15) is 0 Å². The number of aliphatic hydroxyl groups excluding tert-OH is 1. The molecule has 0 aromatic heterocycles. The summed E-state index contributed by atoms with van der Waals surface area (Å²) in [7, 11) is 1.65. The molecule has 3 amide bonds. The first kappa shape index (κ1) is 37.0. The maximum absolute atomic E-state index is 15.4. The van der Waals surface area contributed by atoms with E-state index in [1.54, 1.807) is 12.0 Å². The van der Waals surface area contributed by atoms with Crippen LogP contribution < -0.4 is 14.5 Å². The summed E-state index contributed by atoms with van der Waals surface area (Å²) in [4.78, 5) is 48.7. The Morgan fingerprint density at radius 2 is 1.67 bits per heavy atom. The predicted octanol–water partition coefficient (Wildman–Crippen LogP) is 6.92. The van der Waals surface area contributed by atoms with Gasteiger partial charge in [0.05, 0.1) is 44.5 Å². The molecule has 9 heteroatoms. The maximum Gasteiger partial charge on any atom is 0.264 e. The average molecular weight is 742 g/mol. The SMILES string of the molecule is COc1ccc(C(C)(C)[C@@H]2[C@@H](CC(=O)N3Cc4ccccc4C[C@H]3CO)O[C@]3(C(=O)N(Cc4ccccc4)c4ccc(N5CCCCC5=O)cc43)[C@H]2C)cc1. The van der Waals surface area contributed by atoms with Crippen LogP contribution in [-0.2, 0) is 49.6 Å². The Kier molecular flexibility index (Phi) is 9.80. The number of ether oxygens (including phenoxy) is 2. The van der Waals surface area contributed by atoms with Crippen LogP contribution in [0.5, 0.6) is 5.75 Å². The zero-order valence-corrected chi connectivity index (χ0v) is 32.2. The Morgan fingerprint density at radius 3 is 2.38 bits per heavy atom. The average Bonchev–Trinajstić information content (AvgIpc) is 3.63. The summed E-state index contributed by atoms with van der Waals surface area (Å²) in [5, 5.41) is 10.5. The second-order valence-corrected chi connectivity index (χ2v) is 16.3. The summed E-state index contributed by atoms with van der Waals surface area (Å²) in [5.74, 6) is -0.116. The number of fused-ring (bicyclic) bond motifs is 3. The van der Waals surface area contributed by atoms with E-state index in [0.29, 0.717) is 32.5 Å². The predicted molar refractivity (Wildman–Crippen MR) is 212 cm³/mol. The molecule has 2 saturated heterocycles. The molecule has 4 heterocycles. The number of aliphatic hydroxyl groups is 1. The van der Waals surface area contributed by atoms with Gasteiger partial charge >= 0.3 is 0 Å². The molecule has 0 unspecified atom stereocenters. The Labute approximate surface area is 323 Å². The van der Waals surface area contributed by atoms with Crippen LogP contribution >= 0.6 is 0 Å². The van der Waals surface area contributed by atoms with Crippen molar-refractivity contribution in [2.45, 2.75) is 89.1 Å². The first-order valence-electron chi connectivity index (χ1n) is 19.7. The summed E-state index contributed by atoms with van der Waals surface area (Å²) >= 11 is 0. The van der Waals surface area contributed by atoms with Crippen molar-refractivity contribution >= 4 is 29.1 Å². The molecule has 9 nitrogen and oxygen atoms in total. The fourth-order valence-electron chi connectivity index (χ4n) is 10.0. The molecule has 4 aromatic carbocycles. The van der Waals surface area contributed by atoms with Gasteiger partial charge in [0.2, 0.25) is 11.8 Å². The van der Waals surface area contributed by atoms with Crippen LogP contribution in [0.25, 0.3) is 0 Å². The summed E-state index contributed by atoms with van der Waals surface area (Å²) in [6.45, 7) is 7.68. The number of carbonyl (C=O) groups excluding carboxylic acids is 3. The lowest BCUT2D eigenvalue weighted by molar-refractivity contribution is -0.151. The number of hydrogen-bond acceptors (Lipinski definition) is 6. The van der Waals surface area contributed by atoms with E-state index in [0.717, 1.165) is 57.8 Å². The number of rotatable bonds is 9. The van der Waals surface area contributed by atoms with Gasteiger partial charge in [-0.3, -0.25) is 14.4 Å². The monoisotopic (exact) mass is 741 g/mol. The lowest BCUT2D eigenvalue weighted by Crippen LogP contribution is -2.48. The number of hydrogen-bond donors (Lipinski definition) is 1. The van der Waals surface area contributed by atoms with Crippen molar-refractivity contribution in [2.24, 2.45) is 11.8 Å². The summed E-state index contributed by atoms with van der Waals surface area (Å²) in [5.41, 5.74) is 4.54. The van der Waals surface area contributed by atoms with Crippen LogP contribution in [0.2, 0.25) is 0 Å². The van der Waals surface area contributed by atoms with E-state index in [1.807, 2.05) is 88.7 Å². The van der Waals surface area contributed by atoms with Crippen molar-refractivity contribution in [1.29, 1.82) is 0 Å². The van der Waals surface area contributed by atoms with Gasteiger partial charge in [-0.25, -0.2) is 0 Å². The molecule has 0 bridgehead atoms. The fraction of sp³-hybridized carbons (Fsp3) is 0.413. The molecule has 2 fully saturated rings. The molecule has 4 aromatic rings. The van der Waals surface area contributed by atoms with Gasteiger partial charge in [0.25, 0.3) is 5.91 Å². The fourth-order valence-corrected chi connectivity index (χ4v) is 10.0. The second kappa shape index (κ2) is 14.6. The molecule has 5 atom stereocenters. The Balaban J connectivity index is 1.24. The topological polar surface area (TPSA) is 99.6 Å². The first-order valence-corrected chi connectivity index (χ1v) is 19.7. The molecule has 0 radical (unpaired) electrons. The molecular formula is C46H51N3O6. The standard InChI is InChI=1S/C46H51N3O6/c1-30-43(45(2,3)34-17-20-37(54-4)21-18-34)40(26-42(52)48-28-33-15-9-8-14-32(33)24-36(48)29-50)55-46(30)38-25-35(47-23-11-10-16-41(47)51)19-22-39(38)49(44(46)53)27-31-12-6-5-7-13-31/h5-9,12-15,17-22,25,30,36,40,43,50H,10-11,16,23-24,26-29H2,1-4H3/t30-,36-,40+,43-,46+/m0/s1. The molecule has 286 valence electrons. The number of carbonyl (C=O) groups is 3. The minimum atomic E-state index is -1.41. The van der Waals surface area contributed by atoms with Gasteiger partial charge in [-0.15, -0.1) is 0 Å². The van der Waals surface area contributed by atoms with E-state index in [9.17, 15) is 14.7 Å². The number of amides is 3. The molecule has 8 rings (SSSR count). The second-order valence-electron chi connectivity index (χ2n) is 16.3. The van der Waals surface area contributed by atoms with Crippen molar-refractivity contribution in [3.63, 3.8) is 0 Å².